The van der Waals surface area contributed by atoms with Gasteiger partial charge in [0.2, 0.25) is 0 Å². The summed E-state index contributed by atoms with van der Waals surface area (Å²) >= 11 is 0. The molecule has 0 saturated heterocycles. The fourth-order valence-electron chi connectivity index (χ4n) is 1.91. The van der Waals surface area contributed by atoms with E-state index in [0.29, 0.717) is 5.92 Å². The van der Waals surface area contributed by atoms with E-state index < -0.39 is 0 Å². The van der Waals surface area contributed by atoms with Gasteiger partial charge in [-0.15, -0.1) is 0 Å². The Hall–Kier alpha value is -0.380. The fraction of sp³-hybridized carbons (Fsp3) is 0.818. The Labute approximate surface area is 86.9 Å². The summed E-state index contributed by atoms with van der Waals surface area (Å²) in [6.45, 7) is 3.08. The Balaban J connectivity index is 2.08. The third kappa shape index (κ3) is 4.22. The Kier molecular flexibility index (Phi) is 5.15. The number of methoxy groups -OCH3 is 1. The van der Waals surface area contributed by atoms with Crippen LogP contribution < -0.4 is 5.73 Å². The minimum atomic E-state index is 0.285. The second-order valence-electron chi connectivity index (χ2n) is 4.15. The van der Waals surface area contributed by atoms with Gasteiger partial charge in [-0.05, 0) is 25.8 Å². The molecule has 2 N–H and O–H groups in total. The van der Waals surface area contributed by atoms with E-state index in [1.807, 2.05) is 0 Å². The predicted molar refractivity (Wildman–Crippen MR) is 59.2 cm³/mol. The average molecular weight is 198 g/mol. The second-order valence-corrected chi connectivity index (χ2v) is 4.15. The summed E-state index contributed by atoms with van der Waals surface area (Å²) < 4.78 is 5.02. The van der Waals surface area contributed by atoms with E-state index in [0.717, 1.165) is 32.5 Å². The Morgan fingerprint density at radius 2 is 2.29 bits per heavy atom. The molecule has 0 aromatic heterocycles. The first-order chi connectivity index (χ1) is 6.72. The van der Waals surface area contributed by atoms with Crippen molar-refractivity contribution in [1.29, 1.82) is 0 Å². The smallest absolute Gasteiger partial charge is 0.0474 e. The molecule has 1 aliphatic carbocycles. The van der Waals surface area contributed by atoms with E-state index in [4.69, 9.17) is 10.5 Å². The fourth-order valence-corrected chi connectivity index (χ4v) is 1.91. The summed E-state index contributed by atoms with van der Waals surface area (Å²) in [5.74, 6) is 0.651. The molecule has 0 bridgehead atoms. The van der Waals surface area contributed by atoms with Crippen LogP contribution in [0.25, 0.3) is 0 Å². The van der Waals surface area contributed by atoms with Gasteiger partial charge in [0.25, 0.3) is 0 Å². The average Bonchev–Trinajstić information content (AvgIpc) is 2.52. The lowest BCUT2D eigenvalue weighted by atomic mass is 10.1. The summed E-state index contributed by atoms with van der Waals surface area (Å²) in [4.78, 5) is 2.35. The van der Waals surface area contributed by atoms with Crippen molar-refractivity contribution in [2.45, 2.75) is 18.9 Å². The minimum Gasteiger partial charge on any atom is -0.385 e. The first-order valence-corrected chi connectivity index (χ1v) is 5.33. The number of nitrogens with two attached hydrogens (primary N) is 1. The number of hydrogen-bond donors (Lipinski definition) is 1. The molecular formula is C11H22N2O. The maximum Gasteiger partial charge on any atom is 0.0474 e. The molecule has 0 amide bonds. The quantitative estimate of drug-likeness (QED) is 0.508. The van der Waals surface area contributed by atoms with Crippen molar-refractivity contribution < 1.29 is 4.74 Å². The molecule has 14 heavy (non-hydrogen) atoms. The molecule has 0 saturated carbocycles. The monoisotopic (exact) mass is 198 g/mol. The number of hydrogen-bond acceptors (Lipinski definition) is 3. The number of rotatable bonds is 6. The van der Waals surface area contributed by atoms with Gasteiger partial charge in [0.1, 0.15) is 0 Å². The molecule has 82 valence electrons. The molecule has 0 aromatic carbocycles. The molecule has 0 aliphatic heterocycles. The zero-order valence-electron chi connectivity index (χ0n) is 9.28. The summed E-state index contributed by atoms with van der Waals surface area (Å²) in [6, 6.07) is 0.285. The molecule has 0 spiro atoms. The molecule has 1 aliphatic rings. The summed E-state index contributed by atoms with van der Waals surface area (Å²) in [5.41, 5.74) is 5.80. The molecule has 2 unspecified atom stereocenters. The maximum atomic E-state index is 5.80. The van der Waals surface area contributed by atoms with Gasteiger partial charge in [-0.25, -0.2) is 0 Å². The van der Waals surface area contributed by atoms with Gasteiger partial charge in [-0.3, -0.25) is 0 Å². The van der Waals surface area contributed by atoms with Crippen LogP contribution in [0.2, 0.25) is 0 Å². The SMILES string of the molecule is COCCCN(C)CC1C=CC(N)C1. The molecule has 0 aromatic rings. The highest BCUT2D eigenvalue weighted by Crippen LogP contribution is 2.16. The molecule has 1 rings (SSSR count). The Bertz CT molecular complexity index is 182. The number of ether oxygens (including phenoxy) is 1. The van der Waals surface area contributed by atoms with Crippen molar-refractivity contribution in [2.75, 3.05) is 33.9 Å². The van der Waals surface area contributed by atoms with Crippen LogP contribution in [0.3, 0.4) is 0 Å². The second kappa shape index (κ2) is 6.17. The lowest BCUT2D eigenvalue weighted by Gasteiger charge is -2.20. The van der Waals surface area contributed by atoms with Gasteiger partial charge in [-0.1, -0.05) is 12.2 Å². The molecule has 0 fully saturated rings. The topological polar surface area (TPSA) is 38.5 Å². The largest absolute Gasteiger partial charge is 0.385 e. The van der Waals surface area contributed by atoms with Crippen LogP contribution in [0, 0.1) is 5.92 Å². The maximum absolute atomic E-state index is 5.80. The molecule has 3 nitrogen and oxygen atoms in total. The zero-order chi connectivity index (χ0) is 10.4. The van der Waals surface area contributed by atoms with Crippen LogP contribution >= 0.6 is 0 Å². The third-order valence-corrected chi connectivity index (χ3v) is 2.64. The minimum absolute atomic E-state index is 0.285. The molecule has 0 radical (unpaired) electrons. The van der Waals surface area contributed by atoms with E-state index in [9.17, 15) is 0 Å². The number of nitrogens with zero attached hydrogens (tertiary/aromatic N) is 1. The lowest BCUT2D eigenvalue weighted by molar-refractivity contribution is 0.176. The van der Waals surface area contributed by atoms with Crippen molar-refractivity contribution in [3.05, 3.63) is 12.2 Å². The van der Waals surface area contributed by atoms with Crippen molar-refractivity contribution in [1.82, 2.24) is 4.90 Å². The van der Waals surface area contributed by atoms with Crippen LogP contribution in [0.15, 0.2) is 12.2 Å². The molecule has 3 heteroatoms. The molecule has 0 heterocycles. The summed E-state index contributed by atoms with van der Waals surface area (Å²) in [7, 11) is 3.91. The van der Waals surface area contributed by atoms with Gasteiger partial charge in [0.15, 0.2) is 0 Å². The molecular weight excluding hydrogens is 176 g/mol. The highest BCUT2D eigenvalue weighted by Gasteiger charge is 2.16. The van der Waals surface area contributed by atoms with Gasteiger partial charge in [-0.2, -0.15) is 0 Å². The van der Waals surface area contributed by atoms with Gasteiger partial charge in [0, 0.05) is 32.8 Å². The third-order valence-electron chi connectivity index (χ3n) is 2.64. The van der Waals surface area contributed by atoms with Crippen LogP contribution in [0.1, 0.15) is 12.8 Å². The standard InChI is InChI=1S/C11H22N2O/c1-13(6-3-7-14-2)9-10-4-5-11(12)8-10/h4-5,10-11H,3,6-9,12H2,1-2H3. The highest BCUT2D eigenvalue weighted by molar-refractivity contribution is 5.05. The van der Waals surface area contributed by atoms with E-state index in [-0.39, 0.29) is 6.04 Å². The Morgan fingerprint density at radius 3 is 2.86 bits per heavy atom. The van der Waals surface area contributed by atoms with E-state index in [2.05, 4.69) is 24.1 Å². The normalized spacial score (nSPS) is 26.3. The first kappa shape index (κ1) is 11.7. The van der Waals surface area contributed by atoms with E-state index >= 15 is 0 Å². The van der Waals surface area contributed by atoms with E-state index in [1.54, 1.807) is 7.11 Å². The molecule has 2 atom stereocenters. The van der Waals surface area contributed by atoms with Crippen LogP contribution in [-0.4, -0.2) is 44.8 Å². The van der Waals surface area contributed by atoms with Crippen molar-refractivity contribution in [2.24, 2.45) is 11.7 Å². The summed E-state index contributed by atoms with van der Waals surface area (Å²) in [5, 5.41) is 0. The van der Waals surface area contributed by atoms with Gasteiger partial charge in [0.05, 0.1) is 0 Å². The van der Waals surface area contributed by atoms with Gasteiger partial charge >= 0.3 is 0 Å². The lowest BCUT2D eigenvalue weighted by Crippen LogP contribution is -2.27. The van der Waals surface area contributed by atoms with Crippen molar-refractivity contribution in [3.63, 3.8) is 0 Å². The first-order valence-electron chi connectivity index (χ1n) is 5.33. The predicted octanol–water partition coefficient (Wildman–Crippen LogP) is 0.858. The summed E-state index contributed by atoms with van der Waals surface area (Å²) in [6.07, 6.45) is 6.58. The van der Waals surface area contributed by atoms with Crippen molar-refractivity contribution >= 4 is 0 Å². The van der Waals surface area contributed by atoms with Crippen LogP contribution in [0.5, 0.6) is 0 Å². The van der Waals surface area contributed by atoms with E-state index in [1.165, 1.54) is 0 Å². The van der Waals surface area contributed by atoms with Crippen LogP contribution in [-0.2, 0) is 4.74 Å². The zero-order valence-corrected chi connectivity index (χ0v) is 9.28. The van der Waals surface area contributed by atoms with Gasteiger partial charge < -0.3 is 15.4 Å². The van der Waals surface area contributed by atoms with Crippen molar-refractivity contribution in [3.8, 4) is 0 Å². The highest BCUT2D eigenvalue weighted by atomic mass is 16.5. The Morgan fingerprint density at radius 1 is 1.50 bits per heavy atom. The van der Waals surface area contributed by atoms with Crippen LogP contribution in [0.4, 0.5) is 0 Å².